The van der Waals surface area contributed by atoms with E-state index in [1.165, 1.54) is 6.07 Å². The van der Waals surface area contributed by atoms with Crippen LogP contribution in [0.4, 0.5) is 4.39 Å². The quantitative estimate of drug-likeness (QED) is 0.586. The fraction of sp³-hybridized carbons (Fsp3) is 0.333. The summed E-state index contributed by atoms with van der Waals surface area (Å²) in [5, 5.41) is 0. The van der Waals surface area contributed by atoms with Gasteiger partial charge in [-0.3, -0.25) is 9.63 Å². The Balaban J connectivity index is 2.38. The average Bonchev–Trinajstić information content (AvgIpc) is 2.63. The molecule has 7 heteroatoms. The number of fused-ring (bicyclic) bond motifs is 1. The lowest BCUT2D eigenvalue weighted by Gasteiger charge is -2.19. The lowest BCUT2D eigenvalue weighted by atomic mass is 10.1. The van der Waals surface area contributed by atoms with Gasteiger partial charge in [0.2, 0.25) is 0 Å². The maximum absolute atomic E-state index is 13.5. The summed E-state index contributed by atoms with van der Waals surface area (Å²) >= 11 is 4.93. The second-order valence-electron chi connectivity index (χ2n) is 5.10. The van der Waals surface area contributed by atoms with E-state index < -0.39 is 17.3 Å². The van der Waals surface area contributed by atoms with E-state index in [9.17, 15) is 9.18 Å². The number of H-pyrrole nitrogens is 2. The molecule has 5 nitrogen and oxygen atoms in total. The molecule has 3 N–H and O–H groups in total. The fourth-order valence-corrected chi connectivity index (χ4v) is 1.75. The van der Waals surface area contributed by atoms with Crippen molar-refractivity contribution in [2.45, 2.75) is 26.4 Å². The topological polar surface area (TPSA) is 69.9 Å². The molecule has 0 unspecified atom stereocenters. The molecule has 0 saturated carbocycles. The highest BCUT2D eigenvalue weighted by Crippen LogP contribution is 2.18. The molecule has 0 spiro atoms. The van der Waals surface area contributed by atoms with Crippen molar-refractivity contribution >= 4 is 29.2 Å². The molecule has 0 bridgehead atoms. The zero-order valence-corrected chi connectivity index (χ0v) is 11.6. The number of halogens is 1. The Bertz CT molecular complexity index is 684. The Kier molecular flexibility index (Phi) is 3.42. The van der Waals surface area contributed by atoms with Gasteiger partial charge in [-0.15, -0.1) is 0 Å². The Morgan fingerprint density at radius 3 is 2.68 bits per heavy atom. The summed E-state index contributed by atoms with van der Waals surface area (Å²) in [7, 11) is 0. The summed E-state index contributed by atoms with van der Waals surface area (Å²) in [5.74, 6) is -1.07. The lowest BCUT2D eigenvalue weighted by molar-refractivity contribution is -0.0589. The molecule has 0 atom stereocenters. The van der Waals surface area contributed by atoms with E-state index in [0.717, 1.165) is 6.07 Å². The van der Waals surface area contributed by atoms with Gasteiger partial charge in [-0.25, -0.2) is 9.87 Å². The molecular weight excluding hydrogens is 269 g/mol. The van der Waals surface area contributed by atoms with E-state index in [1.807, 2.05) is 0 Å². The maximum atomic E-state index is 13.5. The minimum absolute atomic E-state index is 0.131. The number of hydrogen-bond acceptors (Lipinski definition) is 3. The summed E-state index contributed by atoms with van der Waals surface area (Å²) in [6, 6.07) is 2.39. The van der Waals surface area contributed by atoms with Crippen LogP contribution in [0.2, 0.25) is 0 Å². The van der Waals surface area contributed by atoms with Crippen LogP contribution in [0, 0.1) is 10.6 Å². The minimum Gasteiger partial charge on any atom is -0.331 e. The Morgan fingerprint density at radius 1 is 1.37 bits per heavy atom. The van der Waals surface area contributed by atoms with E-state index in [2.05, 4.69) is 15.4 Å². The van der Waals surface area contributed by atoms with E-state index >= 15 is 0 Å². The van der Waals surface area contributed by atoms with Crippen LogP contribution in [0.3, 0.4) is 0 Å². The van der Waals surface area contributed by atoms with E-state index in [0.29, 0.717) is 15.8 Å². The highest BCUT2D eigenvalue weighted by molar-refractivity contribution is 7.71. The average molecular weight is 283 g/mol. The van der Waals surface area contributed by atoms with E-state index in [-0.39, 0.29) is 5.56 Å². The molecule has 0 saturated heterocycles. The predicted molar refractivity (Wildman–Crippen MR) is 71.7 cm³/mol. The minimum atomic E-state index is -0.537. The molecule has 19 heavy (non-hydrogen) atoms. The van der Waals surface area contributed by atoms with Crippen molar-refractivity contribution in [3.05, 3.63) is 28.3 Å². The van der Waals surface area contributed by atoms with Crippen LogP contribution >= 0.6 is 12.2 Å². The first kappa shape index (κ1) is 13.7. The van der Waals surface area contributed by atoms with Crippen molar-refractivity contribution in [3.8, 4) is 0 Å². The zero-order valence-electron chi connectivity index (χ0n) is 10.8. The number of hydrogen-bond donors (Lipinski definition) is 3. The highest BCUT2D eigenvalue weighted by atomic mass is 32.1. The summed E-state index contributed by atoms with van der Waals surface area (Å²) in [5.41, 5.74) is 2.77. The predicted octanol–water partition coefficient (Wildman–Crippen LogP) is 2.82. The summed E-state index contributed by atoms with van der Waals surface area (Å²) < 4.78 is 13.8. The van der Waals surface area contributed by atoms with Gasteiger partial charge in [0.25, 0.3) is 5.91 Å². The first-order chi connectivity index (χ1) is 8.76. The number of carbonyl (C=O) groups is 1. The molecule has 1 aromatic heterocycles. The van der Waals surface area contributed by atoms with E-state index in [1.54, 1.807) is 20.8 Å². The van der Waals surface area contributed by atoms with Crippen molar-refractivity contribution in [2.75, 3.05) is 0 Å². The van der Waals surface area contributed by atoms with Gasteiger partial charge >= 0.3 is 0 Å². The molecule has 0 aliphatic carbocycles. The number of carbonyl (C=O) groups excluding carboxylic acids is 1. The monoisotopic (exact) mass is 283 g/mol. The third-order valence-corrected chi connectivity index (χ3v) is 2.49. The second kappa shape index (κ2) is 4.75. The molecule has 1 amide bonds. The Morgan fingerprint density at radius 2 is 2.05 bits per heavy atom. The molecule has 1 heterocycles. The van der Waals surface area contributed by atoms with Crippen LogP contribution in [0.15, 0.2) is 12.1 Å². The number of aromatic nitrogens is 2. The summed E-state index contributed by atoms with van der Waals surface area (Å²) in [6.07, 6.45) is 0. The fourth-order valence-electron chi connectivity index (χ4n) is 1.54. The second-order valence-corrected chi connectivity index (χ2v) is 5.51. The van der Waals surface area contributed by atoms with Gasteiger partial charge in [-0.1, -0.05) is 0 Å². The number of rotatable bonds is 2. The van der Waals surface area contributed by atoms with Crippen LogP contribution < -0.4 is 5.48 Å². The highest BCUT2D eigenvalue weighted by Gasteiger charge is 2.17. The lowest BCUT2D eigenvalue weighted by Crippen LogP contribution is -2.33. The number of nitrogens with one attached hydrogen (secondary N) is 3. The summed E-state index contributed by atoms with van der Waals surface area (Å²) in [4.78, 5) is 22.7. The number of aromatic amines is 2. The molecule has 1 aromatic carbocycles. The third-order valence-electron chi connectivity index (χ3n) is 2.28. The Labute approximate surface area is 114 Å². The smallest absolute Gasteiger partial charge is 0.277 e. The van der Waals surface area contributed by atoms with Crippen LogP contribution in [-0.4, -0.2) is 21.5 Å². The van der Waals surface area contributed by atoms with Gasteiger partial charge in [0, 0.05) is 0 Å². The molecule has 0 radical (unpaired) electrons. The first-order valence-corrected chi connectivity index (χ1v) is 6.07. The molecule has 102 valence electrons. The Hall–Kier alpha value is -1.73. The van der Waals surface area contributed by atoms with Crippen LogP contribution in [0.25, 0.3) is 11.0 Å². The molecule has 2 aromatic rings. The van der Waals surface area contributed by atoms with Gasteiger partial charge in [-0.2, -0.15) is 0 Å². The van der Waals surface area contributed by atoms with Crippen molar-refractivity contribution in [1.82, 2.24) is 15.4 Å². The van der Waals surface area contributed by atoms with Crippen molar-refractivity contribution in [2.24, 2.45) is 0 Å². The van der Waals surface area contributed by atoms with Gasteiger partial charge < -0.3 is 9.97 Å². The normalized spacial score (nSPS) is 11.8. The van der Waals surface area contributed by atoms with Crippen LogP contribution in [0.5, 0.6) is 0 Å². The molecule has 2 rings (SSSR count). The number of imidazole rings is 1. The van der Waals surface area contributed by atoms with Gasteiger partial charge in [-0.05, 0) is 45.1 Å². The van der Waals surface area contributed by atoms with Crippen LogP contribution in [-0.2, 0) is 4.84 Å². The van der Waals surface area contributed by atoms with Crippen molar-refractivity contribution < 1.29 is 14.0 Å². The van der Waals surface area contributed by atoms with Gasteiger partial charge in [0.15, 0.2) is 4.77 Å². The van der Waals surface area contributed by atoms with Crippen LogP contribution in [0.1, 0.15) is 31.1 Å². The van der Waals surface area contributed by atoms with E-state index in [4.69, 9.17) is 17.1 Å². The third kappa shape index (κ3) is 3.18. The van der Waals surface area contributed by atoms with Crippen molar-refractivity contribution in [1.29, 1.82) is 0 Å². The molecular formula is C12H14FN3O2S. The van der Waals surface area contributed by atoms with Crippen molar-refractivity contribution in [3.63, 3.8) is 0 Å². The van der Waals surface area contributed by atoms with Gasteiger partial charge in [0.1, 0.15) is 5.82 Å². The summed E-state index contributed by atoms with van der Waals surface area (Å²) in [6.45, 7) is 5.37. The zero-order chi connectivity index (χ0) is 14.2. The largest absolute Gasteiger partial charge is 0.331 e. The number of benzene rings is 1. The van der Waals surface area contributed by atoms with Gasteiger partial charge in [0.05, 0.1) is 22.2 Å². The molecule has 0 aliphatic heterocycles. The molecule has 0 fully saturated rings. The number of amides is 1. The molecule has 0 aliphatic rings. The first-order valence-electron chi connectivity index (χ1n) is 5.66. The maximum Gasteiger partial charge on any atom is 0.277 e. The number of hydroxylamine groups is 1. The standard InChI is InChI=1S/C12H14FN3O2S/c1-12(2,3)18-16-10(17)7-4-6(13)5-8-9(7)15-11(19)14-8/h4-5H,1-3H3,(H,16,17)(H2,14,15,19). The SMILES string of the molecule is CC(C)(C)ONC(=O)c1cc(F)cc2[nH]c(=S)[nH]c12.